The van der Waals surface area contributed by atoms with E-state index < -0.39 is 10.0 Å². The van der Waals surface area contributed by atoms with Gasteiger partial charge in [-0.15, -0.1) is 0 Å². The summed E-state index contributed by atoms with van der Waals surface area (Å²) >= 11 is 0. The van der Waals surface area contributed by atoms with Crippen molar-refractivity contribution < 1.29 is 13.2 Å². The summed E-state index contributed by atoms with van der Waals surface area (Å²) in [5, 5.41) is 3.31. The maximum atomic E-state index is 11.9. The van der Waals surface area contributed by atoms with E-state index in [-0.39, 0.29) is 11.8 Å². The molecule has 0 aromatic heterocycles. The van der Waals surface area contributed by atoms with Gasteiger partial charge in [0.1, 0.15) is 0 Å². The zero-order valence-corrected chi connectivity index (χ0v) is 11.8. The van der Waals surface area contributed by atoms with Gasteiger partial charge in [-0.05, 0) is 32.7 Å². The lowest BCUT2D eigenvalue weighted by molar-refractivity contribution is 0.149. The van der Waals surface area contributed by atoms with E-state index >= 15 is 0 Å². The van der Waals surface area contributed by atoms with Crippen molar-refractivity contribution in [2.45, 2.75) is 38.3 Å². The molecule has 1 fully saturated rings. The minimum absolute atomic E-state index is 0.110. The predicted octanol–water partition coefficient (Wildman–Crippen LogP) is 0.425. The molecule has 1 rings (SSSR count). The smallest absolute Gasteiger partial charge is 0.214 e. The molecule has 6 heteroatoms. The third kappa shape index (κ3) is 5.33. The van der Waals surface area contributed by atoms with Gasteiger partial charge in [0.2, 0.25) is 10.0 Å². The number of sulfonamides is 1. The lowest BCUT2D eigenvalue weighted by Gasteiger charge is -2.23. The van der Waals surface area contributed by atoms with Crippen LogP contribution in [0.25, 0.3) is 0 Å². The Kier molecular flexibility index (Phi) is 5.85. The highest BCUT2D eigenvalue weighted by molar-refractivity contribution is 7.89. The van der Waals surface area contributed by atoms with Crippen molar-refractivity contribution in [2.75, 3.05) is 33.1 Å². The second-order valence-corrected chi connectivity index (χ2v) is 6.87. The molecular weight excluding hydrogens is 240 g/mol. The third-order valence-electron chi connectivity index (χ3n) is 3.06. The Balaban J connectivity index is 2.26. The van der Waals surface area contributed by atoms with Gasteiger partial charge in [-0.25, -0.2) is 8.42 Å². The van der Waals surface area contributed by atoms with Crippen LogP contribution in [0.3, 0.4) is 0 Å². The van der Waals surface area contributed by atoms with Crippen molar-refractivity contribution in [3.63, 3.8) is 0 Å². The Labute approximate surface area is 105 Å². The molecule has 0 bridgehead atoms. The maximum absolute atomic E-state index is 11.9. The van der Waals surface area contributed by atoms with E-state index in [4.69, 9.17) is 4.74 Å². The molecule has 5 nitrogen and oxygen atoms in total. The van der Waals surface area contributed by atoms with Crippen LogP contribution in [0.4, 0.5) is 0 Å². The number of nitrogens with one attached hydrogen (secondary N) is 1. The fourth-order valence-corrected chi connectivity index (χ4v) is 3.02. The van der Waals surface area contributed by atoms with E-state index in [2.05, 4.69) is 5.32 Å². The Morgan fingerprint density at radius 2 is 2.12 bits per heavy atom. The summed E-state index contributed by atoms with van der Waals surface area (Å²) in [4.78, 5) is 0. The molecule has 1 aliphatic rings. The van der Waals surface area contributed by atoms with E-state index in [1.807, 2.05) is 6.92 Å². The Morgan fingerprint density at radius 1 is 1.47 bits per heavy atom. The zero-order chi connectivity index (χ0) is 12.9. The van der Waals surface area contributed by atoms with Gasteiger partial charge in [-0.2, -0.15) is 4.31 Å². The first-order valence-corrected chi connectivity index (χ1v) is 7.76. The van der Waals surface area contributed by atoms with Crippen molar-refractivity contribution >= 4 is 10.0 Å². The SMILES string of the molecule is COCC(C)N(C)S(=O)(=O)CCCNC1CC1. The molecule has 1 unspecified atom stereocenters. The topological polar surface area (TPSA) is 58.6 Å². The monoisotopic (exact) mass is 264 g/mol. The molecule has 1 aliphatic carbocycles. The lowest BCUT2D eigenvalue weighted by atomic mass is 10.4. The molecule has 17 heavy (non-hydrogen) atoms. The molecule has 1 N–H and O–H groups in total. The average Bonchev–Trinajstić information content (AvgIpc) is 3.07. The molecule has 0 aliphatic heterocycles. The van der Waals surface area contributed by atoms with Crippen LogP contribution in [0.1, 0.15) is 26.2 Å². The van der Waals surface area contributed by atoms with E-state index in [1.165, 1.54) is 17.1 Å². The molecule has 1 saturated carbocycles. The van der Waals surface area contributed by atoms with Crippen LogP contribution in [-0.2, 0) is 14.8 Å². The summed E-state index contributed by atoms with van der Waals surface area (Å²) in [6.07, 6.45) is 3.14. The van der Waals surface area contributed by atoms with Crippen LogP contribution in [0.2, 0.25) is 0 Å². The highest BCUT2D eigenvalue weighted by Crippen LogP contribution is 2.18. The number of hydrogen-bond acceptors (Lipinski definition) is 4. The number of nitrogens with zero attached hydrogens (tertiary/aromatic N) is 1. The minimum Gasteiger partial charge on any atom is -0.383 e. The molecule has 0 aromatic rings. The molecule has 0 amide bonds. The van der Waals surface area contributed by atoms with E-state index in [0.717, 1.165) is 6.54 Å². The normalized spacial score (nSPS) is 18.6. The van der Waals surface area contributed by atoms with Crippen LogP contribution < -0.4 is 5.32 Å². The molecule has 1 atom stereocenters. The van der Waals surface area contributed by atoms with Crippen LogP contribution in [0, 0.1) is 0 Å². The Hall–Kier alpha value is -0.170. The Morgan fingerprint density at radius 3 is 2.65 bits per heavy atom. The second kappa shape index (κ2) is 6.68. The van der Waals surface area contributed by atoms with Gasteiger partial charge in [0, 0.05) is 26.2 Å². The van der Waals surface area contributed by atoms with Crippen LogP contribution >= 0.6 is 0 Å². The second-order valence-electron chi connectivity index (χ2n) is 4.72. The fraction of sp³-hybridized carbons (Fsp3) is 1.00. The van der Waals surface area contributed by atoms with Crippen molar-refractivity contribution in [2.24, 2.45) is 0 Å². The molecule has 102 valence electrons. The van der Waals surface area contributed by atoms with Gasteiger partial charge in [-0.3, -0.25) is 0 Å². The van der Waals surface area contributed by atoms with Crippen molar-refractivity contribution in [3.05, 3.63) is 0 Å². The Bertz CT molecular complexity index is 315. The predicted molar refractivity (Wildman–Crippen MR) is 68.5 cm³/mol. The lowest BCUT2D eigenvalue weighted by Crippen LogP contribution is -2.39. The average molecular weight is 264 g/mol. The first-order valence-electron chi connectivity index (χ1n) is 6.15. The molecular formula is C11H24N2O3S. The van der Waals surface area contributed by atoms with Crippen molar-refractivity contribution in [1.82, 2.24) is 9.62 Å². The standard InChI is InChI=1S/C11H24N2O3S/c1-10(9-16-3)13(2)17(14,15)8-4-7-12-11-5-6-11/h10-12H,4-9H2,1-3H3. The minimum atomic E-state index is -3.15. The number of hydrogen-bond donors (Lipinski definition) is 1. The van der Waals surface area contributed by atoms with E-state index in [9.17, 15) is 8.42 Å². The zero-order valence-electron chi connectivity index (χ0n) is 11.0. The van der Waals surface area contributed by atoms with Crippen LogP contribution in [0.15, 0.2) is 0 Å². The van der Waals surface area contributed by atoms with Crippen LogP contribution in [0.5, 0.6) is 0 Å². The number of likely N-dealkylation sites (N-methyl/N-ethyl adjacent to an activating group) is 1. The largest absolute Gasteiger partial charge is 0.383 e. The first-order chi connectivity index (χ1) is 7.97. The van der Waals surface area contributed by atoms with E-state index in [0.29, 0.717) is 19.1 Å². The quantitative estimate of drug-likeness (QED) is 0.613. The van der Waals surface area contributed by atoms with Crippen LogP contribution in [-0.4, -0.2) is 57.9 Å². The maximum Gasteiger partial charge on any atom is 0.214 e. The molecule has 0 spiro atoms. The number of ether oxygens (including phenoxy) is 1. The van der Waals surface area contributed by atoms with Gasteiger partial charge in [0.05, 0.1) is 12.4 Å². The molecule has 0 aromatic carbocycles. The van der Waals surface area contributed by atoms with Gasteiger partial charge >= 0.3 is 0 Å². The summed E-state index contributed by atoms with van der Waals surface area (Å²) in [6, 6.07) is 0.532. The fourth-order valence-electron chi connectivity index (χ4n) is 1.61. The molecule has 0 radical (unpaired) electrons. The van der Waals surface area contributed by atoms with Gasteiger partial charge < -0.3 is 10.1 Å². The number of rotatable bonds is 9. The summed E-state index contributed by atoms with van der Waals surface area (Å²) in [5.74, 6) is 0.206. The highest BCUT2D eigenvalue weighted by Gasteiger charge is 2.23. The van der Waals surface area contributed by atoms with Gasteiger partial charge in [0.15, 0.2) is 0 Å². The highest BCUT2D eigenvalue weighted by atomic mass is 32.2. The molecule has 0 saturated heterocycles. The van der Waals surface area contributed by atoms with E-state index in [1.54, 1.807) is 14.2 Å². The van der Waals surface area contributed by atoms with Crippen molar-refractivity contribution in [1.29, 1.82) is 0 Å². The summed E-state index contributed by atoms with van der Waals surface area (Å²) in [6.45, 7) is 3.07. The number of methoxy groups -OCH3 is 1. The van der Waals surface area contributed by atoms with Gasteiger partial charge in [0.25, 0.3) is 0 Å². The summed E-state index contributed by atoms with van der Waals surface area (Å²) in [5.41, 5.74) is 0. The van der Waals surface area contributed by atoms with Crippen molar-refractivity contribution in [3.8, 4) is 0 Å². The first kappa shape index (κ1) is 14.9. The third-order valence-corrected chi connectivity index (χ3v) is 5.10. The molecule has 0 heterocycles. The summed E-state index contributed by atoms with van der Waals surface area (Å²) in [7, 11) is 0.0524. The van der Waals surface area contributed by atoms with Gasteiger partial charge in [-0.1, -0.05) is 0 Å². The summed E-state index contributed by atoms with van der Waals surface area (Å²) < 4.78 is 30.3.